The predicted octanol–water partition coefficient (Wildman–Crippen LogP) is 2.67. The molecule has 0 radical (unpaired) electrons. The Morgan fingerprint density at radius 2 is 1.64 bits per heavy atom. The summed E-state index contributed by atoms with van der Waals surface area (Å²) in [6.45, 7) is 1.000. The Morgan fingerprint density at radius 1 is 1.21 bits per heavy atom. The van der Waals surface area contributed by atoms with E-state index in [-0.39, 0.29) is 6.10 Å². The van der Waals surface area contributed by atoms with Crippen molar-refractivity contribution in [1.29, 1.82) is 0 Å². The molecule has 0 aromatic rings. The van der Waals surface area contributed by atoms with Crippen LogP contribution in [0.1, 0.15) is 32.6 Å². The van der Waals surface area contributed by atoms with Crippen LogP contribution in [0.5, 0.6) is 0 Å². The Labute approximate surface area is 89.3 Å². The molecule has 0 atom stereocenters. The number of alkyl halides is 2. The molecular weight excluding hydrogens is 210 g/mol. The van der Waals surface area contributed by atoms with E-state index < -0.39 is 11.8 Å². The summed E-state index contributed by atoms with van der Waals surface area (Å²) in [5, 5.41) is 7.00. The first kappa shape index (κ1) is 14.1. The van der Waals surface area contributed by atoms with Gasteiger partial charge in [0.1, 0.15) is 0 Å². The average molecular weight is 228 g/mol. The minimum Gasteiger partial charge on any atom is -0.400 e. The smallest absolute Gasteiger partial charge is 0.248 e. The van der Waals surface area contributed by atoms with Gasteiger partial charge in [0, 0.05) is 13.0 Å². The van der Waals surface area contributed by atoms with Gasteiger partial charge >= 0.3 is 0 Å². The monoisotopic (exact) mass is 228 g/mol. The molecule has 0 spiro atoms. The summed E-state index contributed by atoms with van der Waals surface area (Å²) < 4.78 is 30.4. The lowest BCUT2D eigenvalue weighted by molar-refractivity contribution is -0.0617. The van der Waals surface area contributed by atoms with E-state index in [0.717, 1.165) is 14.0 Å². The van der Waals surface area contributed by atoms with Crippen molar-refractivity contribution in [1.82, 2.24) is 0 Å². The standard InChI is InChI=1S/C8H14F2OS.CH4O/c1-8(9,10)6-2-4-7(11-12)5-3-6;1-2/h6-7,12H,2-5H2,1H3;2H,1H3. The molecule has 0 unspecified atom stereocenters. The summed E-state index contributed by atoms with van der Waals surface area (Å²) in [7, 11) is 1.00. The normalized spacial score (nSPS) is 27.9. The van der Waals surface area contributed by atoms with Crippen LogP contribution in [-0.4, -0.2) is 24.2 Å². The van der Waals surface area contributed by atoms with Crippen LogP contribution < -0.4 is 0 Å². The van der Waals surface area contributed by atoms with E-state index in [9.17, 15) is 8.78 Å². The van der Waals surface area contributed by atoms with Crippen LogP contribution in [0, 0.1) is 5.92 Å². The number of rotatable bonds is 2. The first-order chi connectivity index (χ1) is 6.54. The zero-order valence-corrected chi connectivity index (χ0v) is 9.44. The molecular formula is C9H18F2O2S. The number of aliphatic hydroxyl groups excluding tert-OH is 1. The van der Waals surface area contributed by atoms with Crippen LogP contribution in [0.15, 0.2) is 0 Å². The Balaban J connectivity index is 0.000000791. The van der Waals surface area contributed by atoms with Crippen molar-refractivity contribution in [3.63, 3.8) is 0 Å². The average Bonchev–Trinajstić information content (AvgIpc) is 2.20. The lowest BCUT2D eigenvalue weighted by Gasteiger charge is -2.30. The molecule has 1 aliphatic carbocycles. The largest absolute Gasteiger partial charge is 0.400 e. The third-order valence-corrected chi connectivity index (χ3v) is 2.84. The summed E-state index contributed by atoms with van der Waals surface area (Å²) in [4.78, 5) is 0. The number of hydrogen-bond acceptors (Lipinski definition) is 3. The molecule has 0 aromatic carbocycles. The Bertz CT molecular complexity index is 142. The van der Waals surface area contributed by atoms with Crippen molar-refractivity contribution in [2.24, 2.45) is 5.92 Å². The van der Waals surface area contributed by atoms with Gasteiger partial charge in [-0.05, 0) is 45.5 Å². The van der Waals surface area contributed by atoms with Crippen LogP contribution in [0.2, 0.25) is 0 Å². The summed E-state index contributed by atoms with van der Waals surface area (Å²) in [6, 6.07) is 0. The van der Waals surface area contributed by atoms with Gasteiger partial charge in [-0.15, -0.1) is 0 Å². The molecule has 1 saturated carbocycles. The highest BCUT2D eigenvalue weighted by atomic mass is 32.1. The molecule has 86 valence electrons. The van der Waals surface area contributed by atoms with Crippen molar-refractivity contribution < 1.29 is 18.1 Å². The van der Waals surface area contributed by atoms with E-state index in [1.165, 1.54) is 0 Å². The van der Waals surface area contributed by atoms with Gasteiger partial charge in [-0.1, -0.05) is 0 Å². The molecule has 2 nitrogen and oxygen atoms in total. The Hall–Kier alpha value is 0.130. The fourth-order valence-electron chi connectivity index (χ4n) is 1.68. The van der Waals surface area contributed by atoms with Crippen molar-refractivity contribution in [2.45, 2.75) is 44.6 Å². The summed E-state index contributed by atoms with van der Waals surface area (Å²) >= 11 is 3.68. The van der Waals surface area contributed by atoms with E-state index in [4.69, 9.17) is 9.29 Å². The molecule has 0 heterocycles. The van der Waals surface area contributed by atoms with Crippen molar-refractivity contribution in [2.75, 3.05) is 7.11 Å². The molecule has 0 aromatic heterocycles. The molecule has 0 bridgehead atoms. The van der Waals surface area contributed by atoms with Crippen molar-refractivity contribution >= 4 is 12.9 Å². The van der Waals surface area contributed by atoms with Crippen LogP contribution in [-0.2, 0) is 4.18 Å². The molecule has 1 aliphatic rings. The van der Waals surface area contributed by atoms with Gasteiger partial charge in [-0.25, -0.2) is 8.78 Å². The Kier molecular flexibility index (Phi) is 6.64. The highest BCUT2D eigenvalue weighted by Crippen LogP contribution is 2.37. The molecule has 1 fully saturated rings. The van der Waals surface area contributed by atoms with Gasteiger partial charge in [0.2, 0.25) is 5.92 Å². The Morgan fingerprint density at radius 3 is 1.93 bits per heavy atom. The first-order valence-electron chi connectivity index (χ1n) is 4.67. The minimum atomic E-state index is -2.53. The SMILES string of the molecule is CC(F)(F)C1CCC(OS)CC1.CO. The van der Waals surface area contributed by atoms with E-state index in [2.05, 4.69) is 12.9 Å². The zero-order valence-electron chi connectivity index (χ0n) is 8.54. The topological polar surface area (TPSA) is 29.5 Å². The maximum absolute atomic E-state index is 12.8. The lowest BCUT2D eigenvalue weighted by atomic mass is 9.84. The molecule has 0 saturated heterocycles. The molecule has 0 aliphatic heterocycles. The molecule has 1 N–H and O–H groups in total. The van der Waals surface area contributed by atoms with Gasteiger partial charge in [-0.2, -0.15) is 0 Å². The van der Waals surface area contributed by atoms with Gasteiger partial charge in [0.15, 0.2) is 0 Å². The fraction of sp³-hybridized carbons (Fsp3) is 1.00. The summed E-state index contributed by atoms with van der Waals surface area (Å²) in [5.41, 5.74) is 0. The number of hydrogen-bond donors (Lipinski definition) is 2. The van der Waals surface area contributed by atoms with Crippen LogP contribution in [0.3, 0.4) is 0 Å². The third kappa shape index (κ3) is 4.57. The highest BCUT2D eigenvalue weighted by molar-refractivity contribution is 7.75. The van der Waals surface area contributed by atoms with Gasteiger partial charge in [0.05, 0.1) is 6.10 Å². The second-order valence-electron chi connectivity index (χ2n) is 3.54. The number of halogens is 2. The van der Waals surface area contributed by atoms with Crippen molar-refractivity contribution in [3.8, 4) is 0 Å². The van der Waals surface area contributed by atoms with E-state index in [0.29, 0.717) is 25.7 Å². The van der Waals surface area contributed by atoms with E-state index >= 15 is 0 Å². The first-order valence-corrected chi connectivity index (χ1v) is 5.03. The quantitative estimate of drug-likeness (QED) is 0.562. The number of aliphatic hydroxyl groups is 1. The highest BCUT2D eigenvalue weighted by Gasteiger charge is 2.36. The van der Waals surface area contributed by atoms with Crippen LogP contribution in [0.4, 0.5) is 8.78 Å². The van der Waals surface area contributed by atoms with E-state index in [1.807, 2.05) is 0 Å². The van der Waals surface area contributed by atoms with Gasteiger partial charge < -0.3 is 9.29 Å². The third-order valence-electron chi connectivity index (χ3n) is 2.54. The minimum absolute atomic E-state index is 0.0759. The van der Waals surface area contributed by atoms with Gasteiger partial charge in [0.25, 0.3) is 0 Å². The lowest BCUT2D eigenvalue weighted by Crippen LogP contribution is -2.30. The fourth-order valence-corrected chi connectivity index (χ4v) is 1.89. The summed E-state index contributed by atoms with van der Waals surface area (Å²) in [5.74, 6) is -2.99. The zero-order chi connectivity index (χ0) is 11.2. The maximum atomic E-state index is 12.8. The second kappa shape index (κ2) is 6.58. The summed E-state index contributed by atoms with van der Waals surface area (Å²) in [6.07, 6.45) is 2.59. The molecule has 1 rings (SSSR count). The predicted molar refractivity (Wildman–Crippen MR) is 54.6 cm³/mol. The van der Waals surface area contributed by atoms with Crippen molar-refractivity contribution in [3.05, 3.63) is 0 Å². The second-order valence-corrected chi connectivity index (χ2v) is 3.75. The molecule has 0 amide bonds. The maximum Gasteiger partial charge on any atom is 0.248 e. The van der Waals surface area contributed by atoms with Crippen LogP contribution >= 0.6 is 12.9 Å². The van der Waals surface area contributed by atoms with Gasteiger partial charge in [-0.3, -0.25) is 0 Å². The number of thiol groups is 1. The molecule has 14 heavy (non-hydrogen) atoms. The molecule has 5 heteroatoms. The van der Waals surface area contributed by atoms with E-state index in [1.54, 1.807) is 0 Å². The van der Waals surface area contributed by atoms with Crippen LogP contribution in [0.25, 0.3) is 0 Å².